The molecule has 1 atom stereocenters. The van der Waals surface area contributed by atoms with Crippen LogP contribution < -0.4 is 5.32 Å². The van der Waals surface area contributed by atoms with E-state index in [-0.39, 0.29) is 17.5 Å². The van der Waals surface area contributed by atoms with E-state index in [0.29, 0.717) is 26.2 Å². The van der Waals surface area contributed by atoms with Crippen LogP contribution in [0, 0.1) is 11.6 Å². The topological polar surface area (TPSA) is 52.7 Å². The summed E-state index contributed by atoms with van der Waals surface area (Å²) < 4.78 is 26.0. The number of nitrogens with one attached hydrogen (secondary N) is 1. The van der Waals surface area contributed by atoms with Crippen molar-refractivity contribution in [3.8, 4) is 0 Å². The maximum absolute atomic E-state index is 13.1. The number of halogens is 2. The Kier molecular flexibility index (Phi) is 5.07. The Bertz CT molecular complexity index is 572. The molecule has 1 aromatic rings. The van der Waals surface area contributed by atoms with Gasteiger partial charge in [0, 0.05) is 44.9 Å². The summed E-state index contributed by atoms with van der Waals surface area (Å²) in [5.74, 6) is -2.22. The van der Waals surface area contributed by atoms with Crippen molar-refractivity contribution < 1.29 is 18.4 Å². The lowest BCUT2D eigenvalue weighted by Crippen LogP contribution is -2.53. The number of hydrogen-bond donors (Lipinski definition) is 1. The van der Waals surface area contributed by atoms with Crippen LogP contribution in [-0.2, 0) is 9.59 Å². The Labute approximate surface area is 127 Å². The fourth-order valence-corrected chi connectivity index (χ4v) is 2.41. The minimum Gasteiger partial charge on any atom is -0.340 e. The lowest BCUT2D eigenvalue weighted by Gasteiger charge is -2.37. The molecule has 7 heteroatoms. The molecule has 0 bridgehead atoms. The molecule has 0 saturated carbocycles. The second kappa shape index (κ2) is 6.83. The number of nitrogens with zero attached hydrogens (tertiary/aromatic N) is 2. The molecule has 1 aliphatic heterocycles. The van der Waals surface area contributed by atoms with Crippen molar-refractivity contribution in [3.63, 3.8) is 0 Å². The molecule has 120 valence electrons. The van der Waals surface area contributed by atoms with E-state index in [1.807, 2.05) is 4.90 Å². The predicted molar refractivity (Wildman–Crippen MR) is 78.3 cm³/mol. The summed E-state index contributed by atoms with van der Waals surface area (Å²) in [6, 6.07) is 2.83. The first kappa shape index (κ1) is 16.4. The number of rotatable bonds is 3. The van der Waals surface area contributed by atoms with E-state index < -0.39 is 17.7 Å². The van der Waals surface area contributed by atoms with Gasteiger partial charge in [-0.2, -0.15) is 0 Å². The normalized spacial score (nSPS) is 17.2. The Balaban J connectivity index is 1.92. The van der Waals surface area contributed by atoms with Gasteiger partial charge >= 0.3 is 0 Å². The van der Waals surface area contributed by atoms with Gasteiger partial charge in [0.05, 0.1) is 6.04 Å². The smallest absolute Gasteiger partial charge is 0.241 e. The summed E-state index contributed by atoms with van der Waals surface area (Å²) in [7, 11) is 0. The zero-order valence-corrected chi connectivity index (χ0v) is 12.6. The molecule has 22 heavy (non-hydrogen) atoms. The first-order valence-corrected chi connectivity index (χ1v) is 7.14. The number of carbonyl (C=O) groups excluding carboxylic acids is 2. The van der Waals surface area contributed by atoms with E-state index in [4.69, 9.17) is 0 Å². The van der Waals surface area contributed by atoms with Crippen LogP contribution in [-0.4, -0.2) is 53.8 Å². The summed E-state index contributed by atoms with van der Waals surface area (Å²) in [5, 5.41) is 2.57. The third-order valence-corrected chi connectivity index (χ3v) is 3.87. The van der Waals surface area contributed by atoms with Crippen molar-refractivity contribution in [2.75, 3.05) is 31.5 Å². The highest BCUT2D eigenvalue weighted by molar-refractivity contribution is 5.94. The van der Waals surface area contributed by atoms with Crippen LogP contribution in [0.15, 0.2) is 18.2 Å². The summed E-state index contributed by atoms with van der Waals surface area (Å²) >= 11 is 0. The Morgan fingerprint density at radius 1 is 1.14 bits per heavy atom. The third-order valence-electron chi connectivity index (χ3n) is 3.87. The average molecular weight is 311 g/mol. The number of benzene rings is 1. The molecule has 5 nitrogen and oxygen atoms in total. The molecule has 1 N–H and O–H groups in total. The van der Waals surface area contributed by atoms with Crippen molar-refractivity contribution in [2.45, 2.75) is 19.9 Å². The van der Waals surface area contributed by atoms with E-state index in [1.165, 1.54) is 13.0 Å². The molecule has 1 heterocycles. The lowest BCUT2D eigenvalue weighted by atomic mass is 10.2. The molecule has 1 saturated heterocycles. The highest BCUT2D eigenvalue weighted by atomic mass is 19.2. The number of carbonyl (C=O) groups is 2. The van der Waals surface area contributed by atoms with Crippen LogP contribution in [0.25, 0.3) is 0 Å². The van der Waals surface area contributed by atoms with Crippen LogP contribution in [0.2, 0.25) is 0 Å². The molecular formula is C15H19F2N3O2. The zero-order valence-electron chi connectivity index (χ0n) is 12.6. The van der Waals surface area contributed by atoms with Crippen molar-refractivity contribution in [1.82, 2.24) is 9.80 Å². The van der Waals surface area contributed by atoms with Gasteiger partial charge in [-0.3, -0.25) is 14.5 Å². The SMILES string of the molecule is CC(=O)N1CCN([C@H](C)C(=O)Nc2ccc(F)c(F)c2)CC1. The highest BCUT2D eigenvalue weighted by Crippen LogP contribution is 2.14. The minimum absolute atomic E-state index is 0.0264. The predicted octanol–water partition coefficient (Wildman–Crippen LogP) is 1.46. The number of hydrogen-bond acceptors (Lipinski definition) is 3. The van der Waals surface area contributed by atoms with Crippen LogP contribution in [0.3, 0.4) is 0 Å². The monoisotopic (exact) mass is 311 g/mol. The van der Waals surface area contributed by atoms with E-state index in [1.54, 1.807) is 11.8 Å². The Hall–Kier alpha value is -2.02. The highest BCUT2D eigenvalue weighted by Gasteiger charge is 2.26. The van der Waals surface area contributed by atoms with Crippen LogP contribution in [0.5, 0.6) is 0 Å². The van der Waals surface area contributed by atoms with Gasteiger partial charge in [-0.1, -0.05) is 0 Å². The van der Waals surface area contributed by atoms with Gasteiger partial charge in [-0.15, -0.1) is 0 Å². The quantitative estimate of drug-likeness (QED) is 0.919. The molecule has 1 aromatic carbocycles. The second-order valence-corrected chi connectivity index (χ2v) is 5.34. The molecule has 2 amide bonds. The fourth-order valence-electron chi connectivity index (χ4n) is 2.41. The molecule has 0 spiro atoms. The standard InChI is InChI=1S/C15H19F2N3O2/c1-10(19-5-7-20(8-6-19)11(2)21)15(22)18-12-3-4-13(16)14(17)9-12/h3-4,9-10H,5-8H2,1-2H3,(H,18,22)/t10-/m1/s1. The molecule has 0 unspecified atom stereocenters. The van der Waals surface area contributed by atoms with E-state index in [2.05, 4.69) is 5.32 Å². The van der Waals surface area contributed by atoms with Crippen molar-refractivity contribution >= 4 is 17.5 Å². The lowest BCUT2D eigenvalue weighted by molar-refractivity contribution is -0.131. The number of piperazine rings is 1. The third kappa shape index (κ3) is 3.79. The molecule has 0 aromatic heterocycles. The van der Waals surface area contributed by atoms with Crippen LogP contribution in [0.1, 0.15) is 13.8 Å². The Morgan fingerprint density at radius 3 is 2.32 bits per heavy atom. The van der Waals surface area contributed by atoms with Crippen molar-refractivity contribution in [2.24, 2.45) is 0 Å². The average Bonchev–Trinajstić information content (AvgIpc) is 2.50. The molecular weight excluding hydrogens is 292 g/mol. The maximum atomic E-state index is 13.1. The van der Waals surface area contributed by atoms with E-state index >= 15 is 0 Å². The van der Waals surface area contributed by atoms with E-state index in [9.17, 15) is 18.4 Å². The van der Waals surface area contributed by atoms with Gasteiger partial charge in [-0.25, -0.2) is 8.78 Å². The van der Waals surface area contributed by atoms with Gasteiger partial charge in [0.2, 0.25) is 11.8 Å². The maximum Gasteiger partial charge on any atom is 0.241 e. The molecule has 1 fully saturated rings. The van der Waals surface area contributed by atoms with Crippen molar-refractivity contribution in [1.29, 1.82) is 0 Å². The first-order chi connectivity index (χ1) is 10.4. The van der Waals surface area contributed by atoms with Crippen LogP contribution in [0.4, 0.5) is 14.5 Å². The van der Waals surface area contributed by atoms with Gasteiger partial charge in [-0.05, 0) is 19.1 Å². The molecule has 0 aliphatic carbocycles. The summed E-state index contributed by atoms with van der Waals surface area (Å²) in [6.07, 6.45) is 0. The van der Waals surface area contributed by atoms with Gasteiger partial charge in [0.25, 0.3) is 0 Å². The van der Waals surface area contributed by atoms with Crippen molar-refractivity contribution in [3.05, 3.63) is 29.8 Å². The molecule has 1 aliphatic rings. The summed E-state index contributed by atoms with van der Waals surface area (Å²) in [6.45, 7) is 5.64. The van der Waals surface area contributed by atoms with Crippen LogP contribution >= 0.6 is 0 Å². The second-order valence-electron chi connectivity index (χ2n) is 5.34. The fraction of sp³-hybridized carbons (Fsp3) is 0.467. The van der Waals surface area contributed by atoms with E-state index in [0.717, 1.165) is 12.1 Å². The Morgan fingerprint density at radius 2 is 1.77 bits per heavy atom. The summed E-state index contributed by atoms with van der Waals surface area (Å²) in [5.41, 5.74) is 0.220. The van der Waals surface area contributed by atoms with Gasteiger partial charge in [0.15, 0.2) is 11.6 Å². The minimum atomic E-state index is -1.000. The molecule has 2 rings (SSSR count). The van der Waals surface area contributed by atoms with Gasteiger partial charge in [0.1, 0.15) is 0 Å². The van der Waals surface area contributed by atoms with Gasteiger partial charge < -0.3 is 10.2 Å². The first-order valence-electron chi connectivity index (χ1n) is 7.14. The number of anilines is 1. The number of amides is 2. The summed E-state index contributed by atoms with van der Waals surface area (Å²) in [4.78, 5) is 27.1. The zero-order chi connectivity index (χ0) is 16.3. The largest absolute Gasteiger partial charge is 0.340 e. The molecule has 0 radical (unpaired) electrons.